The molecule has 0 heterocycles. The normalized spacial score (nSPS) is 11.7. The first-order valence-corrected chi connectivity index (χ1v) is 12.6. The highest BCUT2D eigenvalue weighted by Crippen LogP contribution is 2.40. The molecule has 0 fully saturated rings. The van der Waals surface area contributed by atoms with Gasteiger partial charge in [0.15, 0.2) is 0 Å². The Labute approximate surface area is 208 Å². The summed E-state index contributed by atoms with van der Waals surface area (Å²) in [6, 6.07) is 44.3. The smallest absolute Gasteiger partial charge is 0.0464 e. The van der Waals surface area contributed by atoms with Gasteiger partial charge in [-0.15, -0.1) is 0 Å². The van der Waals surface area contributed by atoms with Crippen molar-refractivity contribution in [2.45, 2.75) is 26.2 Å². The first-order chi connectivity index (χ1) is 17.3. The molecule has 1 nitrogen and oxygen atoms in total. The van der Waals surface area contributed by atoms with Gasteiger partial charge in [0.2, 0.25) is 0 Å². The number of anilines is 3. The summed E-state index contributed by atoms with van der Waals surface area (Å²) in [6.45, 7) is 2.23. The fourth-order valence-electron chi connectivity index (χ4n) is 5.27. The predicted octanol–water partition coefficient (Wildman–Crippen LogP) is 9.35. The Balaban J connectivity index is 1.37. The van der Waals surface area contributed by atoms with Crippen LogP contribution < -0.4 is 4.90 Å². The predicted molar refractivity (Wildman–Crippen MR) is 149 cm³/mol. The molecule has 0 bridgehead atoms. The lowest BCUT2D eigenvalue weighted by molar-refractivity contribution is 0.921. The first-order valence-electron chi connectivity index (χ1n) is 12.6. The molecular formula is C34H29N. The van der Waals surface area contributed by atoms with Gasteiger partial charge in [0.25, 0.3) is 0 Å². The second-order valence-electron chi connectivity index (χ2n) is 9.34. The van der Waals surface area contributed by atoms with Gasteiger partial charge in [0, 0.05) is 17.1 Å². The second kappa shape index (κ2) is 9.27. The van der Waals surface area contributed by atoms with Crippen LogP contribution in [0.2, 0.25) is 0 Å². The van der Waals surface area contributed by atoms with E-state index in [0.717, 1.165) is 19.3 Å². The van der Waals surface area contributed by atoms with E-state index in [9.17, 15) is 0 Å². The number of benzene rings is 5. The molecule has 0 saturated heterocycles. The lowest BCUT2D eigenvalue weighted by Gasteiger charge is -2.26. The van der Waals surface area contributed by atoms with E-state index in [-0.39, 0.29) is 0 Å². The summed E-state index contributed by atoms with van der Waals surface area (Å²) in [5, 5.41) is 0. The molecule has 0 unspecified atom stereocenters. The van der Waals surface area contributed by atoms with Crippen LogP contribution in [-0.2, 0) is 12.8 Å². The summed E-state index contributed by atoms with van der Waals surface area (Å²) < 4.78 is 0. The molecule has 5 aromatic carbocycles. The van der Waals surface area contributed by atoms with Crippen molar-refractivity contribution in [3.05, 3.63) is 138 Å². The van der Waals surface area contributed by atoms with E-state index in [1.807, 2.05) is 0 Å². The van der Waals surface area contributed by atoms with E-state index in [4.69, 9.17) is 0 Å². The minimum absolute atomic E-state index is 1.04. The van der Waals surface area contributed by atoms with Crippen LogP contribution in [0.5, 0.6) is 0 Å². The van der Waals surface area contributed by atoms with Crippen molar-refractivity contribution < 1.29 is 0 Å². The molecule has 170 valence electrons. The first kappa shape index (κ1) is 21.4. The molecule has 5 aromatic rings. The number of rotatable bonds is 6. The van der Waals surface area contributed by atoms with Crippen molar-refractivity contribution in [3.63, 3.8) is 0 Å². The summed E-state index contributed by atoms with van der Waals surface area (Å²) in [4.78, 5) is 2.35. The fourth-order valence-corrected chi connectivity index (χ4v) is 5.27. The molecular weight excluding hydrogens is 422 g/mol. The summed E-state index contributed by atoms with van der Waals surface area (Å²) in [5.41, 5.74) is 13.0. The van der Waals surface area contributed by atoms with Gasteiger partial charge in [-0.25, -0.2) is 0 Å². The van der Waals surface area contributed by atoms with Crippen molar-refractivity contribution in [1.82, 2.24) is 0 Å². The van der Waals surface area contributed by atoms with E-state index < -0.39 is 0 Å². The number of aryl methyl sites for hydroxylation is 1. The van der Waals surface area contributed by atoms with Crippen LogP contribution in [0.25, 0.3) is 22.3 Å². The summed E-state index contributed by atoms with van der Waals surface area (Å²) >= 11 is 0. The Bertz CT molecular complexity index is 1460. The van der Waals surface area contributed by atoms with E-state index in [0.29, 0.717) is 0 Å². The van der Waals surface area contributed by atoms with Crippen LogP contribution in [0.3, 0.4) is 0 Å². The molecule has 1 aliphatic rings. The average molecular weight is 452 g/mol. The van der Waals surface area contributed by atoms with Crippen molar-refractivity contribution >= 4 is 17.1 Å². The zero-order chi connectivity index (χ0) is 23.6. The zero-order valence-corrected chi connectivity index (χ0v) is 20.1. The molecule has 1 heteroatoms. The molecule has 1 aliphatic carbocycles. The Morgan fingerprint density at radius 1 is 0.543 bits per heavy atom. The standard InChI is InChI=1S/C34H29N/c1-2-9-25-10-8-14-32(22-25)35(30-12-4-3-5-13-30)31-20-18-26(19-21-31)27-16-17-29-23-28-11-6-7-15-33(28)34(29)24-27/h3-8,10-22,24H,2,9,23H2,1H3. The van der Waals surface area contributed by atoms with E-state index in [2.05, 4.69) is 133 Å². The van der Waals surface area contributed by atoms with Crippen molar-refractivity contribution in [2.75, 3.05) is 4.90 Å². The van der Waals surface area contributed by atoms with Gasteiger partial charge in [-0.3, -0.25) is 0 Å². The third-order valence-corrected chi connectivity index (χ3v) is 6.98. The Kier molecular flexibility index (Phi) is 5.68. The lowest BCUT2D eigenvalue weighted by atomic mass is 9.98. The number of para-hydroxylation sites is 1. The van der Waals surface area contributed by atoms with Crippen LogP contribution in [0, 0.1) is 0 Å². The Morgan fingerprint density at radius 3 is 2.06 bits per heavy atom. The largest absolute Gasteiger partial charge is 0.310 e. The van der Waals surface area contributed by atoms with Crippen molar-refractivity contribution in [1.29, 1.82) is 0 Å². The van der Waals surface area contributed by atoms with Gasteiger partial charge in [-0.05, 0) is 94.3 Å². The summed E-state index contributed by atoms with van der Waals surface area (Å²) in [7, 11) is 0. The molecule has 6 rings (SSSR count). The van der Waals surface area contributed by atoms with Gasteiger partial charge in [-0.1, -0.05) is 92.2 Å². The molecule has 0 aliphatic heterocycles. The SMILES string of the molecule is CCCc1cccc(N(c2ccccc2)c2ccc(-c3ccc4c(c3)-c3ccccc3C4)cc2)c1. The number of fused-ring (bicyclic) bond motifs is 3. The quantitative estimate of drug-likeness (QED) is 0.244. The van der Waals surface area contributed by atoms with Crippen LogP contribution in [0.1, 0.15) is 30.0 Å². The van der Waals surface area contributed by atoms with Crippen molar-refractivity contribution in [2.24, 2.45) is 0 Å². The van der Waals surface area contributed by atoms with E-state index >= 15 is 0 Å². The molecule has 35 heavy (non-hydrogen) atoms. The highest BCUT2D eigenvalue weighted by molar-refractivity contribution is 5.83. The second-order valence-corrected chi connectivity index (χ2v) is 9.34. The van der Waals surface area contributed by atoms with Gasteiger partial charge >= 0.3 is 0 Å². The van der Waals surface area contributed by atoms with Crippen LogP contribution in [0.15, 0.2) is 121 Å². The molecule has 0 atom stereocenters. The number of hydrogen-bond acceptors (Lipinski definition) is 1. The highest BCUT2D eigenvalue weighted by atomic mass is 15.1. The topological polar surface area (TPSA) is 3.24 Å². The minimum Gasteiger partial charge on any atom is -0.310 e. The Hall–Kier alpha value is -4.10. The highest BCUT2D eigenvalue weighted by Gasteiger charge is 2.18. The molecule has 0 radical (unpaired) electrons. The molecule has 0 saturated carbocycles. The third kappa shape index (κ3) is 4.15. The van der Waals surface area contributed by atoms with E-state index in [1.165, 1.54) is 56.0 Å². The fraction of sp³-hybridized carbons (Fsp3) is 0.118. The maximum Gasteiger partial charge on any atom is 0.0464 e. The monoisotopic (exact) mass is 451 g/mol. The van der Waals surface area contributed by atoms with Gasteiger partial charge in [-0.2, -0.15) is 0 Å². The maximum atomic E-state index is 2.36. The number of nitrogens with zero attached hydrogens (tertiary/aromatic N) is 1. The third-order valence-electron chi connectivity index (χ3n) is 6.98. The van der Waals surface area contributed by atoms with Crippen LogP contribution in [-0.4, -0.2) is 0 Å². The molecule has 0 amide bonds. The Morgan fingerprint density at radius 2 is 1.23 bits per heavy atom. The summed E-state index contributed by atoms with van der Waals surface area (Å²) in [5.74, 6) is 0. The van der Waals surface area contributed by atoms with Crippen LogP contribution >= 0.6 is 0 Å². The summed E-state index contributed by atoms with van der Waals surface area (Å²) in [6.07, 6.45) is 3.28. The van der Waals surface area contributed by atoms with Crippen LogP contribution in [0.4, 0.5) is 17.1 Å². The van der Waals surface area contributed by atoms with E-state index in [1.54, 1.807) is 0 Å². The molecule has 0 spiro atoms. The average Bonchev–Trinajstić information content (AvgIpc) is 3.28. The minimum atomic E-state index is 1.04. The zero-order valence-electron chi connectivity index (χ0n) is 20.1. The molecule has 0 N–H and O–H groups in total. The van der Waals surface area contributed by atoms with Gasteiger partial charge in [0.1, 0.15) is 0 Å². The number of hydrogen-bond donors (Lipinski definition) is 0. The maximum absolute atomic E-state index is 2.36. The van der Waals surface area contributed by atoms with Gasteiger partial charge < -0.3 is 4.90 Å². The van der Waals surface area contributed by atoms with Gasteiger partial charge in [0.05, 0.1) is 0 Å². The molecule has 0 aromatic heterocycles. The lowest BCUT2D eigenvalue weighted by Crippen LogP contribution is -2.10. The van der Waals surface area contributed by atoms with Crippen molar-refractivity contribution in [3.8, 4) is 22.3 Å².